The molecular weight excluding hydrogens is 332 g/mol. The highest BCUT2D eigenvalue weighted by atomic mass is 32.2. The molecule has 8 heteroatoms. The molecule has 2 aliphatic heterocycles. The number of anilines is 1. The predicted molar refractivity (Wildman–Crippen MR) is 86.2 cm³/mol. The van der Waals surface area contributed by atoms with Gasteiger partial charge in [0, 0.05) is 17.9 Å². The molecular formula is C16H16N2O5S. The summed E-state index contributed by atoms with van der Waals surface area (Å²) in [4.78, 5) is 49.2. The molecule has 24 heavy (non-hydrogen) atoms. The van der Waals surface area contributed by atoms with E-state index in [1.54, 1.807) is 6.07 Å². The first-order valence-electron chi connectivity index (χ1n) is 7.60. The number of carbonyl (C=O) groups excluding carboxylic acids is 4. The third kappa shape index (κ3) is 3.59. The van der Waals surface area contributed by atoms with Crippen molar-refractivity contribution in [3.05, 3.63) is 24.3 Å². The average molecular weight is 348 g/mol. The van der Waals surface area contributed by atoms with Gasteiger partial charge in [0.2, 0.25) is 11.8 Å². The Morgan fingerprint density at radius 3 is 2.83 bits per heavy atom. The van der Waals surface area contributed by atoms with E-state index in [1.807, 2.05) is 18.2 Å². The molecule has 1 atom stereocenters. The minimum absolute atomic E-state index is 0.133. The highest BCUT2D eigenvalue weighted by Gasteiger charge is 2.31. The van der Waals surface area contributed by atoms with Gasteiger partial charge in [0.25, 0.3) is 5.91 Å². The molecule has 1 saturated heterocycles. The zero-order valence-corrected chi connectivity index (χ0v) is 13.6. The zero-order valence-electron chi connectivity index (χ0n) is 12.8. The van der Waals surface area contributed by atoms with E-state index in [4.69, 9.17) is 4.74 Å². The summed E-state index contributed by atoms with van der Waals surface area (Å²) in [6.45, 7) is -0.104. The van der Waals surface area contributed by atoms with E-state index in [-0.39, 0.29) is 18.2 Å². The Labute approximate surface area is 142 Å². The molecule has 1 N–H and O–H groups in total. The van der Waals surface area contributed by atoms with Crippen LogP contribution in [0.3, 0.4) is 0 Å². The van der Waals surface area contributed by atoms with Crippen LogP contribution in [0.4, 0.5) is 5.69 Å². The van der Waals surface area contributed by atoms with Crippen LogP contribution in [0.2, 0.25) is 0 Å². The fraction of sp³-hybridized carbons (Fsp3) is 0.375. The molecule has 0 spiro atoms. The number of amides is 3. The summed E-state index contributed by atoms with van der Waals surface area (Å²) in [6.07, 6.45) is 0.848. The van der Waals surface area contributed by atoms with Crippen molar-refractivity contribution < 1.29 is 23.9 Å². The van der Waals surface area contributed by atoms with Crippen LogP contribution in [0.5, 0.6) is 0 Å². The van der Waals surface area contributed by atoms with Crippen molar-refractivity contribution in [3.63, 3.8) is 0 Å². The minimum atomic E-state index is -0.637. The molecule has 126 valence electrons. The molecule has 0 saturated carbocycles. The molecule has 0 unspecified atom stereocenters. The first-order valence-corrected chi connectivity index (χ1v) is 8.48. The smallest absolute Gasteiger partial charge is 0.307 e. The number of fused-ring (bicyclic) bond motifs is 1. The second kappa shape index (κ2) is 7.04. The number of thioether (sulfide) groups is 1. The second-order valence-electron chi connectivity index (χ2n) is 5.50. The first kappa shape index (κ1) is 16.5. The van der Waals surface area contributed by atoms with E-state index in [1.165, 1.54) is 11.8 Å². The third-order valence-electron chi connectivity index (χ3n) is 3.79. The largest absolute Gasteiger partial charge is 0.456 e. The van der Waals surface area contributed by atoms with Crippen LogP contribution in [0.15, 0.2) is 29.2 Å². The van der Waals surface area contributed by atoms with E-state index in [0.717, 1.165) is 15.5 Å². The van der Waals surface area contributed by atoms with Crippen molar-refractivity contribution in [2.75, 3.05) is 18.5 Å². The van der Waals surface area contributed by atoms with Gasteiger partial charge in [-0.2, -0.15) is 0 Å². The number of likely N-dealkylation sites (tertiary alicyclic amines) is 1. The van der Waals surface area contributed by atoms with Crippen molar-refractivity contribution >= 4 is 41.1 Å². The third-order valence-corrected chi connectivity index (χ3v) is 5.06. The van der Waals surface area contributed by atoms with E-state index in [2.05, 4.69) is 5.32 Å². The van der Waals surface area contributed by atoms with Gasteiger partial charge >= 0.3 is 5.97 Å². The van der Waals surface area contributed by atoms with E-state index in [0.29, 0.717) is 19.4 Å². The maximum Gasteiger partial charge on any atom is 0.307 e. The Balaban J connectivity index is 1.51. The number of carbonyl (C=O) groups is 4. The van der Waals surface area contributed by atoms with Gasteiger partial charge in [-0.3, -0.25) is 24.1 Å². The van der Waals surface area contributed by atoms with Gasteiger partial charge in [0.05, 0.1) is 17.4 Å². The van der Waals surface area contributed by atoms with Crippen LogP contribution in [-0.2, 0) is 23.9 Å². The van der Waals surface area contributed by atoms with Gasteiger partial charge in [-0.05, 0) is 18.6 Å². The molecule has 2 aliphatic rings. The molecule has 3 amide bonds. The number of hydrogen-bond acceptors (Lipinski definition) is 6. The van der Waals surface area contributed by atoms with Crippen LogP contribution >= 0.6 is 11.8 Å². The molecule has 1 aromatic carbocycles. The zero-order chi connectivity index (χ0) is 17.1. The summed E-state index contributed by atoms with van der Waals surface area (Å²) in [5.41, 5.74) is 0.722. The average Bonchev–Trinajstić information content (AvgIpc) is 2.99. The fourth-order valence-corrected chi connectivity index (χ4v) is 3.66. The quantitative estimate of drug-likeness (QED) is 0.822. The van der Waals surface area contributed by atoms with Gasteiger partial charge in [0.1, 0.15) is 0 Å². The topological polar surface area (TPSA) is 92.8 Å². The number of imide groups is 1. The number of ether oxygens (including phenoxy) is 1. The predicted octanol–water partition coefficient (Wildman–Crippen LogP) is 1.18. The second-order valence-corrected chi connectivity index (χ2v) is 6.74. The van der Waals surface area contributed by atoms with Crippen molar-refractivity contribution in [1.29, 1.82) is 0 Å². The van der Waals surface area contributed by atoms with Crippen LogP contribution < -0.4 is 5.32 Å². The Kier molecular flexibility index (Phi) is 4.84. The summed E-state index contributed by atoms with van der Waals surface area (Å²) in [6, 6.07) is 7.32. The molecule has 0 aliphatic carbocycles. The Morgan fingerprint density at radius 1 is 1.29 bits per heavy atom. The number of hydrogen-bond donors (Lipinski definition) is 1. The minimum Gasteiger partial charge on any atom is -0.456 e. The van der Waals surface area contributed by atoms with Gasteiger partial charge < -0.3 is 10.1 Å². The lowest BCUT2D eigenvalue weighted by Gasteiger charge is -2.23. The molecule has 0 bridgehead atoms. The summed E-state index contributed by atoms with van der Waals surface area (Å²) in [5.74, 6) is -1.66. The van der Waals surface area contributed by atoms with Crippen LogP contribution in [0, 0.1) is 0 Å². The van der Waals surface area contributed by atoms with E-state index >= 15 is 0 Å². The van der Waals surface area contributed by atoms with Crippen molar-refractivity contribution in [2.24, 2.45) is 0 Å². The maximum absolute atomic E-state index is 12.0. The van der Waals surface area contributed by atoms with Gasteiger partial charge in [0.15, 0.2) is 6.61 Å². The summed E-state index contributed by atoms with van der Waals surface area (Å²) in [5, 5.41) is 2.14. The van der Waals surface area contributed by atoms with Crippen molar-refractivity contribution in [1.82, 2.24) is 4.90 Å². The van der Waals surface area contributed by atoms with Gasteiger partial charge in [-0.1, -0.05) is 12.1 Å². The lowest BCUT2D eigenvalue weighted by atomic mass is 10.2. The molecule has 2 heterocycles. The lowest BCUT2D eigenvalue weighted by molar-refractivity contribution is -0.154. The van der Waals surface area contributed by atoms with E-state index in [9.17, 15) is 19.2 Å². The lowest BCUT2D eigenvalue weighted by Crippen LogP contribution is -2.36. The summed E-state index contributed by atoms with van der Waals surface area (Å²) in [7, 11) is 0. The summed E-state index contributed by atoms with van der Waals surface area (Å²) >= 11 is 1.29. The molecule has 0 aromatic heterocycles. The SMILES string of the molecule is O=C(C[C@@H]1Sc2ccccc2NC1=O)OCC(=O)N1CCCC1=O. The Hall–Kier alpha value is -2.35. The monoisotopic (exact) mass is 348 g/mol. The molecule has 3 rings (SSSR count). The number of esters is 1. The number of para-hydroxylation sites is 1. The number of benzene rings is 1. The number of nitrogens with one attached hydrogen (secondary N) is 1. The van der Waals surface area contributed by atoms with Crippen LogP contribution in [0.25, 0.3) is 0 Å². The highest BCUT2D eigenvalue weighted by molar-refractivity contribution is 8.01. The molecule has 1 aromatic rings. The fourth-order valence-electron chi connectivity index (χ4n) is 2.57. The van der Waals surface area contributed by atoms with Crippen LogP contribution in [0.1, 0.15) is 19.3 Å². The molecule has 7 nitrogen and oxygen atoms in total. The first-order chi connectivity index (χ1) is 11.5. The maximum atomic E-state index is 12.0. The Morgan fingerprint density at radius 2 is 2.08 bits per heavy atom. The van der Waals surface area contributed by atoms with Gasteiger partial charge in [-0.25, -0.2) is 0 Å². The Bertz CT molecular complexity index is 705. The number of rotatable bonds is 4. The standard InChI is InChI=1S/C16H16N2O5S/c19-13-6-3-7-18(13)14(20)9-23-15(21)8-12-16(22)17-10-4-1-2-5-11(10)24-12/h1-2,4-5,12H,3,6-9H2,(H,17,22)/t12-/m0/s1. The molecule has 1 fully saturated rings. The van der Waals surface area contributed by atoms with Crippen molar-refractivity contribution in [2.45, 2.75) is 29.4 Å². The van der Waals surface area contributed by atoms with Crippen molar-refractivity contribution in [3.8, 4) is 0 Å². The number of nitrogens with zero attached hydrogens (tertiary/aromatic N) is 1. The highest BCUT2D eigenvalue weighted by Crippen LogP contribution is 2.36. The molecule has 0 radical (unpaired) electrons. The van der Waals surface area contributed by atoms with Crippen LogP contribution in [-0.4, -0.2) is 47.0 Å². The van der Waals surface area contributed by atoms with Gasteiger partial charge in [-0.15, -0.1) is 11.8 Å². The summed E-state index contributed by atoms with van der Waals surface area (Å²) < 4.78 is 4.93. The van der Waals surface area contributed by atoms with E-state index < -0.39 is 23.7 Å². The normalized spacial score (nSPS) is 19.7.